The molecular formula is C23H30N2O6S. The first kappa shape index (κ1) is 23.9. The summed E-state index contributed by atoms with van der Waals surface area (Å²) < 4.78 is 43.6. The van der Waals surface area contributed by atoms with E-state index in [0.29, 0.717) is 35.2 Å². The zero-order chi connectivity index (χ0) is 23.5. The Morgan fingerprint density at radius 3 is 2.00 bits per heavy atom. The van der Waals surface area contributed by atoms with Gasteiger partial charge in [-0.05, 0) is 43.2 Å². The number of sulfonamides is 1. The quantitative estimate of drug-likeness (QED) is 0.628. The smallest absolute Gasteiger partial charge is 0.243 e. The highest BCUT2D eigenvalue weighted by Gasteiger charge is 2.31. The third kappa shape index (κ3) is 4.83. The van der Waals surface area contributed by atoms with Gasteiger partial charge in [-0.15, -0.1) is 0 Å². The zero-order valence-electron chi connectivity index (χ0n) is 19.2. The monoisotopic (exact) mass is 462 g/mol. The number of hydrogen-bond donors (Lipinski definition) is 0. The lowest BCUT2D eigenvalue weighted by Gasteiger charge is -2.34. The van der Waals surface area contributed by atoms with Gasteiger partial charge in [0, 0.05) is 26.2 Å². The number of ether oxygens (including phenoxy) is 3. The number of hydrogen-bond acceptors (Lipinski definition) is 6. The Balaban J connectivity index is 1.68. The zero-order valence-corrected chi connectivity index (χ0v) is 20.0. The average Bonchev–Trinajstić information content (AvgIpc) is 2.78. The maximum Gasteiger partial charge on any atom is 0.243 e. The van der Waals surface area contributed by atoms with Crippen molar-refractivity contribution in [3.8, 4) is 17.2 Å². The van der Waals surface area contributed by atoms with Gasteiger partial charge in [-0.25, -0.2) is 8.42 Å². The van der Waals surface area contributed by atoms with Crippen LogP contribution in [0.25, 0.3) is 0 Å². The van der Waals surface area contributed by atoms with Crippen LogP contribution in [-0.4, -0.2) is 71.0 Å². The van der Waals surface area contributed by atoms with Crippen molar-refractivity contribution in [2.24, 2.45) is 0 Å². The summed E-state index contributed by atoms with van der Waals surface area (Å²) in [6, 6.07) is 8.82. The number of piperazine rings is 1. The molecule has 174 valence electrons. The Bertz CT molecular complexity index is 1070. The summed E-state index contributed by atoms with van der Waals surface area (Å²) in [5.41, 5.74) is 2.48. The maximum atomic E-state index is 13.1. The van der Waals surface area contributed by atoms with Crippen LogP contribution in [0.15, 0.2) is 35.2 Å². The predicted octanol–water partition coefficient (Wildman–Crippen LogP) is 2.40. The van der Waals surface area contributed by atoms with E-state index in [0.717, 1.165) is 16.7 Å². The van der Waals surface area contributed by atoms with Crippen LogP contribution in [0.1, 0.15) is 16.7 Å². The molecule has 2 aromatic rings. The fraction of sp³-hybridized carbons (Fsp3) is 0.435. The van der Waals surface area contributed by atoms with E-state index in [1.54, 1.807) is 36.1 Å². The van der Waals surface area contributed by atoms with Crippen molar-refractivity contribution in [3.63, 3.8) is 0 Å². The van der Waals surface area contributed by atoms with Gasteiger partial charge in [0.05, 0.1) is 32.6 Å². The minimum Gasteiger partial charge on any atom is -0.493 e. The lowest BCUT2D eigenvalue weighted by molar-refractivity contribution is -0.131. The number of aryl methyl sites for hydroxylation is 2. The van der Waals surface area contributed by atoms with Crippen LogP contribution in [0.4, 0.5) is 0 Å². The van der Waals surface area contributed by atoms with E-state index < -0.39 is 10.0 Å². The molecule has 0 bridgehead atoms. The largest absolute Gasteiger partial charge is 0.493 e. The molecular weight excluding hydrogens is 432 g/mol. The minimum absolute atomic E-state index is 0.0807. The number of benzene rings is 2. The van der Waals surface area contributed by atoms with Gasteiger partial charge in [-0.3, -0.25) is 4.79 Å². The molecule has 0 saturated carbocycles. The Labute approximate surface area is 189 Å². The number of nitrogens with zero attached hydrogens (tertiary/aromatic N) is 2. The van der Waals surface area contributed by atoms with Crippen molar-refractivity contribution in [3.05, 3.63) is 47.0 Å². The normalized spacial score (nSPS) is 14.8. The van der Waals surface area contributed by atoms with Gasteiger partial charge in [-0.1, -0.05) is 17.7 Å². The Kier molecular flexibility index (Phi) is 7.30. The summed E-state index contributed by atoms with van der Waals surface area (Å²) in [4.78, 5) is 14.9. The second kappa shape index (κ2) is 9.79. The number of methoxy groups -OCH3 is 3. The summed E-state index contributed by atoms with van der Waals surface area (Å²) >= 11 is 0. The molecule has 1 aliphatic heterocycles. The van der Waals surface area contributed by atoms with Crippen LogP contribution in [0, 0.1) is 13.8 Å². The summed E-state index contributed by atoms with van der Waals surface area (Å²) in [6.07, 6.45) is 0.153. The van der Waals surface area contributed by atoms with Crippen LogP contribution in [0.5, 0.6) is 17.2 Å². The van der Waals surface area contributed by atoms with Crippen LogP contribution >= 0.6 is 0 Å². The number of rotatable bonds is 7. The molecule has 0 aliphatic carbocycles. The molecule has 32 heavy (non-hydrogen) atoms. The molecule has 0 N–H and O–H groups in total. The average molecular weight is 463 g/mol. The number of amides is 1. The van der Waals surface area contributed by atoms with Gasteiger partial charge < -0.3 is 19.1 Å². The molecule has 1 aliphatic rings. The summed E-state index contributed by atoms with van der Waals surface area (Å²) in [5, 5.41) is 0. The third-order valence-electron chi connectivity index (χ3n) is 5.62. The molecule has 1 heterocycles. The molecule has 0 unspecified atom stereocenters. The van der Waals surface area contributed by atoms with Crippen molar-refractivity contribution in [2.45, 2.75) is 25.2 Å². The lowest BCUT2D eigenvalue weighted by Crippen LogP contribution is -2.50. The van der Waals surface area contributed by atoms with Crippen LogP contribution in [0.3, 0.4) is 0 Å². The van der Waals surface area contributed by atoms with Crippen LogP contribution in [-0.2, 0) is 21.2 Å². The van der Waals surface area contributed by atoms with Crippen molar-refractivity contribution in [1.82, 2.24) is 9.21 Å². The van der Waals surface area contributed by atoms with E-state index >= 15 is 0 Å². The maximum absolute atomic E-state index is 13.1. The Morgan fingerprint density at radius 1 is 0.906 bits per heavy atom. The van der Waals surface area contributed by atoms with E-state index in [4.69, 9.17) is 14.2 Å². The van der Waals surface area contributed by atoms with Gasteiger partial charge in [0.1, 0.15) is 0 Å². The molecule has 9 heteroatoms. The summed E-state index contributed by atoms with van der Waals surface area (Å²) in [5.74, 6) is 1.36. The molecule has 3 rings (SSSR count). The van der Waals surface area contributed by atoms with Gasteiger partial charge >= 0.3 is 0 Å². The highest BCUT2D eigenvalue weighted by atomic mass is 32.2. The predicted molar refractivity (Wildman–Crippen MR) is 121 cm³/mol. The minimum atomic E-state index is -3.59. The van der Waals surface area contributed by atoms with E-state index in [-0.39, 0.29) is 25.4 Å². The van der Waals surface area contributed by atoms with Crippen LogP contribution in [0.2, 0.25) is 0 Å². The topological polar surface area (TPSA) is 85.4 Å². The second-order valence-corrected chi connectivity index (χ2v) is 9.67. The van der Waals surface area contributed by atoms with Gasteiger partial charge in [0.25, 0.3) is 0 Å². The van der Waals surface area contributed by atoms with Crippen LogP contribution < -0.4 is 14.2 Å². The molecule has 1 fully saturated rings. The molecule has 2 aromatic carbocycles. The third-order valence-corrected chi connectivity index (χ3v) is 7.68. The van der Waals surface area contributed by atoms with E-state index in [9.17, 15) is 13.2 Å². The lowest BCUT2D eigenvalue weighted by atomic mass is 10.1. The van der Waals surface area contributed by atoms with E-state index in [1.165, 1.54) is 25.6 Å². The van der Waals surface area contributed by atoms with Crippen molar-refractivity contribution >= 4 is 15.9 Å². The highest BCUT2D eigenvalue weighted by Crippen LogP contribution is 2.38. The van der Waals surface area contributed by atoms with E-state index in [2.05, 4.69) is 0 Å². The molecule has 0 aromatic heterocycles. The first-order chi connectivity index (χ1) is 15.2. The van der Waals surface area contributed by atoms with Gasteiger partial charge in [0.2, 0.25) is 21.7 Å². The Hall–Kier alpha value is -2.78. The standard InChI is InChI=1S/C23H30N2O6S/c1-16-6-7-21(17(2)12-16)32(27,28)25-10-8-24(9-11-25)22(26)15-18-13-19(29-3)23(31-5)20(14-18)30-4/h6-7,12-14H,8-11,15H2,1-5H3. The molecule has 0 atom stereocenters. The number of carbonyl (C=O) groups is 1. The van der Waals surface area contributed by atoms with Gasteiger partial charge in [0.15, 0.2) is 11.5 Å². The molecule has 0 radical (unpaired) electrons. The molecule has 1 saturated heterocycles. The molecule has 1 amide bonds. The number of carbonyl (C=O) groups excluding carboxylic acids is 1. The fourth-order valence-corrected chi connectivity index (χ4v) is 5.56. The summed E-state index contributed by atoms with van der Waals surface area (Å²) in [6.45, 7) is 4.94. The van der Waals surface area contributed by atoms with Crippen molar-refractivity contribution in [2.75, 3.05) is 47.5 Å². The second-order valence-electron chi connectivity index (χ2n) is 7.76. The van der Waals surface area contributed by atoms with Crippen molar-refractivity contribution < 1.29 is 27.4 Å². The highest BCUT2D eigenvalue weighted by molar-refractivity contribution is 7.89. The molecule has 0 spiro atoms. The first-order valence-electron chi connectivity index (χ1n) is 10.3. The SMILES string of the molecule is COc1cc(CC(=O)N2CCN(S(=O)(=O)c3ccc(C)cc3C)CC2)cc(OC)c1OC. The fourth-order valence-electron chi connectivity index (χ4n) is 3.93. The molecule has 8 nitrogen and oxygen atoms in total. The van der Waals surface area contributed by atoms with Crippen molar-refractivity contribution in [1.29, 1.82) is 0 Å². The Morgan fingerprint density at radius 2 is 1.50 bits per heavy atom. The van der Waals surface area contributed by atoms with Gasteiger partial charge in [-0.2, -0.15) is 4.31 Å². The van der Waals surface area contributed by atoms with E-state index in [1.807, 2.05) is 13.0 Å². The first-order valence-corrected chi connectivity index (χ1v) is 11.8. The summed E-state index contributed by atoms with van der Waals surface area (Å²) in [7, 11) is 0.982.